The SMILES string of the molecule is CC(NC(=O)CSc1ccccc1Cl)c1ccccc1Cl. The van der Waals surface area contributed by atoms with E-state index in [9.17, 15) is 4.79 Å². The minimum absolute atomic E-state index is 0.0488. The molecular formula is C16H15Cl2NOS. The van der Waals surface area contributed by atoms with Crippen molar-refractivity contribution in [1.29, 1.82) is 0 Å². The average Bonchev–Trinajstić information content (AvgIpc) is 2.46. The molecular weight excluding hydrogens is 325 g/mol. The van der Waals surface area contributed by atoms with E-state index in [0.29, 0.717) is 15.8 Å². The summed E-state index contributed by atoms with van der Waals surface area (Å²) in [4.78, 5) is 12.9. The van der Waals surface area contributed by atoms with Crippen molar-refractivity contribution in [2.45, 2.75) is 17.9 Å². The summed E-state index contributed by atoms with van der Waals surface area (Å²) >= 11 is 13.6. The molecule has 0 heterocycles. The summed E-state index contributed by atoms with van der Waals surface area (Å²) in [6.07, 6.45) is 0. The van der Waals surface area contributed by atoms with E-state index < -0.39 is 0 Å². The van der Waals surface area contributed by atoms with Crippen molar-refractivity contribution in [3.8, 4) is 0 Å². The highest BCUT2D eigenvalue weighted by molar-refractivity contribution is 8.00. The molecule has 0 saturated carbocycles. The second kappa shape index (κ2) is 7.74. The number of halogens is 2. The van der Waals surface area contributed by atoms with Gasteiger partial charge in [-0.3, -0.25) is 4.79 Å². The van der Waals surface area contributed by atoms with E-state index >= 15 is 0 Å². The number of carbonyl (C=O) groups excluding carboxylic acids is 1. The van der Waals surface area contributed by atoms with Crippen LogP contribution in [0.2, 0.25) is 10.0 Å². The van der Waals surface area contributed by atoms with Crippen LogP contribution in [0.25, 0.3) is 0 Å². The Bertz CT molecular complexity index is 633. The second-order valence-corrected chi connectivity index (χ2v) is 6.36. The lowest BCUT2D eigenvalue weighted by Gasteiger charge is -2.15. The van der Waals surface area contributed by atoms with Crippen LogP contribution < -0.4 is 5.32 Å². The maximum Gasteiger partial charge on any atom is 0.230 e. The molecule has 0 bridgehead atoms. The average molecular weight is 340 g/mol. The van der Waals surface area contributed by atoms with Crippen molar-refractivity contribution < 1.29 is 4.79 Å². The third-order valence-corrected chi connectivity index (χ3v) is 4.80. The van der Waals surface area contributed by atoms with Gasteiger partial charge in [0.2, 0.25) is 5.91 Å². The van der Waals surface area contributed by atoms with Crippen LogP contribution in [0.4, 0.5) is 0 Å². The van der Waals surface area contributed by atoms with Crippen molar-refractivity contribution in [3.63, 3.8) is 0 Å². The molecule has 21 heavy (non-hydrogen) atoms. The van der Waals surface area contributed by atoms with E-state index in [1.54, 1.807) is 0 Å². The van der Waals surface area contributed by atoms with Crippen molar-refractivity contribution in [2.75, 3.05) is 5.75 Å². The number of carbonyl (C=O) groups is 1. The topological polar surface area (TPSA) is 29.1 Å². The summed E-state index contributed by atoms with van der Waals surface area (Å²) in [7, 11) is 0. The summed E-state index contributed by atoms with van der Waals surface area (Å²) in [5, 5.41) is 4.26. The lowest BCUT2D eigenvalue weighted by atomic mass is 10.1. The molecule has 1 N–H and O–H groups in total. The van der Waals surface area contributed by atoms with Crippen LogP contribution >= 0.6 is 35.0 Å². The number of amides is 1. The number of nitrogens with one attached hydrogen (secondary N) is 1. The molecule has 0 fully saturated rings. The van der Waals surface area contributed by atoms with Crippen LogP contribution in [0, 0.1) is 0 Å². The Labute approximate surface area is 138 Å². The first-order valence-corrected chi connectivity index (χ1v) is 8.23. The number of hydrogen-bond acceptors (Lipinski definition) is 2. The molecule has 0 aliphatic carbocycles. The summed E-state index contributed by atoms with van der Waals surface area (Å²) in [5.41, 5.74) is 0.912. The zero-order chi connectivity index (χ0) is 15.2. The van der Waals surface area contributed by atoms with Gasteiger partial charge in [0, 0.05) is 9.92 Å². The van der Waals surface area contributed by atoms with Gasteiger partial charge in [0.1, 0.15) is 0 Å². The van der Waals surface area contributed by atoms with E-state index in [2.05, 4.69) is 5.32 Å². The molecule has 2 rings (SSSR count). The fourth-order valence-corrected chi connectivity index (χ4v) is 3.24. The Morgan fingerprint density at radius 3 is 2.38 bits per heavy atom. The van der Waals surface area contributed by atoms with Crippen LogP contribution in [-0.2, 0) is 4.79 Å². The lowest BCUT2D eigenvalue weighted by Crippen LogP contribution is -2.28. The van der Waals surface area contributed by atoms with E-state index in [0.717, 1.165) is 10.5 Å². The Morgan fingerprint density at radius 2 is 1.71 bits per heavy atom. The van der Waals surface area contributed by atoms with Gasteiger partial charge < -0.3 is 5.32 Å². The van der Waals surface area contributed by atoms with Gasteiger partial charge in [-0.2, -0.15) is 0 Å². The molecule has 1 atom stereocenters. The first-order chi connectivity index (χ1) is 10.1. The van der Waals surface area contributed by atoms with Crippen molar-refractivity contribution in [1.82, 2.24) is 5.32 Å². The van der Waals surface area contributed by atoms with Crippen molar-refractivity contribution in [2.24, 2.45) is 0 Å². The third-order valence-electron chi connectivity index (χ3n) is 2.94. The van der Waals surface area contributed by atoms with Gasteiger partial charge >= 0.3 is 0 Å². The predicted molar refractivity (Wildman–Crippen MR) is 90.2 cm³/mol. The predicted octanol–water partition coefficient (Wildman–Crippen LogP) is 4.96. The molecule has 5 heteroatoms. The second-order valence-electron chi connectivity index (χ2n) is 4.53. The molecule has 0 saturated heterocycles. The fourth-order valence-electron chi connectivity index (χ4n) is 1.89. The van der Waals surface area contributed by atoms with E-state index in [1.807, 2.05) is 55.5 Å². The van der Waals surface area contributed by atoms with Gasteiger partial charge in [0.15, 0.2) is 0 Å². The lowest BCUT2D eigenvalue weighted by molar-refractivity contribution is -0.119. The molecule has 0 aliphatic rings. The summed E-state index contributed by atoms with van der Waals surface area (Å²) in [6.45, 7) is 1.92. The molecule has 2 aromatic rings. The summed E-state index contributed by atoms with van der Waals surface area (Å²) in [5.74, 6) is 0.269. The van der Waals surface area contributed by atoms with Crippen LogP contribution in [0.1, 0.15) is 18.5 Å². The first-order valence-electron chi connectivity index (χ1n) is 6.49. The smallest absolute Gasteiger partial charge is 0.230 e. The Balaban J connectivity index is 1.90. The molecule has 110 valence electrons. The van der Waals surface area contributed by atoms with Gasteiger partial charge in [-0.1, -0.05) is 53.5 Å². The third kappa shape index (κ3) is 4.67. The highest BCUT2D eigenvalue weighted by Gasteiger charge is 2.12. The van der Waals surface area contributed by atoms with E-state index in [4.69, 9.17) is 23.2 Å². The van der Waals surface area contributed by atoms with Crippen LogP contribution in [-0.4, -0.2) is 11.7 Å². The minimum atomic E-state index is -0.127. The number of hydrogen-bond donors (Lipinski definition) is 1. The normalized spacial score (nSPS) is 12.0. The first kappa shape index (κ1) is 16.2. The molecule has 0 aliphatic heterocycles. The molecule has 1 unspecified atom stereocenters. The molecule has 0 spiro atoms. The Morgan fingerprint density at radius 1 is 1.10 bits per heavy atom. The Kier molecular flexibility index (Phi) is 5.97. The standard InChI is InChI=1S/C16H15Cl2NOS/c1-11(12-6-2-3-7-13(12)17)19-16(20)10-21-15-9-5-4-8-14(15)18/h2-9,11H,10H2,1H3,(H,19,20). The summed E-state index contributed by atoms with van der Waals surface area (Å²) < 4.78 is 0. The Hall–Kier alpha value is -1.16. The highest BCUT2D eigenvalue weighted by Crippen LogP contribution is 2.27. The summed E-state index contributed by atoms with van der Waals surface area (Å²) in [6, 6.07) is 14.9. The minimum Gasteiger partial charge on any atom is -0.349 e. The largest absolute Gasteiger partial charge is 0.349 e. The monoisotopic (exact) mass is 339 g/mol. The van der Waals surface area contributed by atoms with Crippen LogP contribution in [0.15, 0.2) is 53.4 Å². The molecule has 0 aromatic heterocycles. The fraction of sp³-hybridized carbons (Fsp3) is 0.188. The number of thioether (sulfide) groups is 1. The van der Waals surface area contributed by atoms with Gasteiger partial charge in [0.05, 0.1) is 16.8 Å². The van der Waals surface area contributed by atoms with E-state index in [1.165, 1.54) is 11.8 Å². The van der Waals surface area contributed by atoms with Gasteiger partial charge in [-0.15, -0.1) is 11.8 Å². The zero-order valence-corrected chi connectivity index (χ0v) is 13.8. The number of benzene rings is 2. The van der Waals surface area contributed by atoms with Gasteiger partial charge in [-0.25, -0.2) is 0 Å². The molecule has 0 radical (unpaired) electrons. The van der Waals surface area contributed by atoms with Crippen LogP contribution in [0.5, 0.6) is 0 Å². The van der Waals surface area contributed by atoms with Crippen LogP contribution in [0.3, 0.4) is 0 Å². The maximum atomic E-state index is 12.0. The van der Waals surface area contributed by atoms with Gasteiger partial charge in [-0.05, 0) is 30.7 Å². The molecule has 2 nitrogen and oxygen atoms in total. The molecule has 1 amide bonds. The molecule has 2 aromatic carbocycles. The number of rotatable bonds is 5. The van der Waals surface area contributed by atoms with Crippen molar-refractivity contribution >= 4 is 40.9 Å². The maximum absolute atomic E-state index is 12.0. The van der Waals surface area contributed by atoms with Crippen molar-refractivity contribution in [3.05, 3.63) is 64.1 Å². The quantitative estimate of drug-likeness (QED) is 0.779. The highest BCUT2D eigenvalue weighted by atomic mass is 35.5. The van der Waals surface area contributed by atoms with E-state index in [-0.39, 0.29) is 11.9 Å². The van der Waals surface area contributed by atoms with Gasteiger partial charge in [0.25, 0.3) is 0 Å². The zero-order valence-electron chi connectivity index (χ0n) is 11.5.